The van der Waals surface area contributed by atoms with Crippen LogP contribution >= 0.6 is 0 Å². The lowest BCUT2D eigenvalue weighted by molar-refractivity contribution is -0.116. The van der Waals surface area contributed by atoms with E-state index in [0.717, 1.165) is 11.1 Å². The van der Waals surface area contributed by atoms with Crippen LogP contribution in [0.25, 0.3) is 11.4 Å². The molecule has 2 aromatic carbocycles. The van der Waals surface area contributed by atoms with Crippen LogP contribution in [0.3, 0.4) is 0 Å². The number of aromatic nitrogens is 2. The Hall–Kier alpha value is -3.26. The van der Waals surface area contributed by atoms with Crippen molar-refractivity contribution in [2.45, 2.75) is 17.7 Å². The predicted molar refractivity (Wildman–Crippen MR) is 102 cm³/mol. The van der Waals surface area contributed by atoms with Crippen LogP contribution in [0.2, 0.25) is 0 Å². The minimum Gasteiger partial charge on any atom is -0.326 e. The summed E-state index contributed by atoms with van der Waals surface area (Å²) in [6.45, 7) is 0. The van der Waals surface area contributed by atoms with Gasteiger partial charge in [-0.25, -0.2) is 18.4 Å². The molecule has 1 amide bonds. The molecule has 27 heavy (non-hydrogen) atoms. The summed E-state index contributed by atoms with van der Waals surface area (Å²) in [5.74, 6) is 0.454. The van der Waals surface area contributed by atoms with Crippen LogP contribution in [-0.2, 0) is 21.2 Å². The maximum absolute atomic E-state index is 12.7. The Labute approximate surface area is 156 Å². The van der Waals surface area contributed by atoms with Crippen molar-refractivity contribution in [2.24, 2.45) is 0 Å². The SMILES string of the molecule is O=C1CCc2cc(S(=O)(=O)Nc3cnc(-c4ccccc4)nc3)ccc2N1. The molecule has 2 N–H and O–H groups in total. The number of anilines is 2. The first-order valence-corrected chi connectivity index (χ1v) is 9.83. The Balaban J connectivity index is 1.56. The minimum atomic E-state index is -3.78. The number of nitrogens with zero attached hydrogens (tertiary/aromatic N) is 2. The molecule has 1 aromatic heterocycles. The molecule has 0 aliphatic carbocycles. The van der Waals surface area contributed by atoms with Crippen LogP contribution in [-0.4, -0.2) is 24.3 Å². The fraction of sp³-hybridized carbons (Fsp3) is 0.105. The van der Waals surface area contributed by atoms with E-state index in [1.165, 1.54) is 18.5 Å². The lowest BCUT2D eigenvalue weighted by Crippen LogP contribution is -2.20. The molecule has 0 unspecified atom stereocenters. The first-order chi connectivity index (χ1) is 13.0. The van der Waals surface area contributed by atoms with E-state index < -0.39 is 10.0 Å². The third kappa shape index (κ3) is 3.65. The Morgan fingerprint density at radius 3 is 2.44 bits per heavy atom. The van der Waals surface area contributed by atoms with Gasteiger partial charge in [-0.2, -0.15) is 0 Å². The zero-order valence-corrected chi connectivity index (χ0v) is 15.0. The monoisotopic (exact) mass is 380 g/mol. The number of hydrogen-bond acceptors (Lipinski definition) is 5. The molecule has 0 radical (unpaired) electrons. The zero-order valence-electron chi connectivity index (χ0n) is 14.2. The summed E-state index contributed by atoms with van der Waals surface area (Å²) in [5, 5.41) is 2.74. The van der Waals surface area contributed by atoms with Gasteiger partial charge < -0.3 is 5.32 Å². The third-order valence-corrected chi connectivity index (χ3v) is 5.60. The normalized spacial score (nSPS) is 13.6. The van der Waals surface area contributed by atoms with E-state index in [0.29, 0.717) is 24.4 Å². The number of aryl methyl sites for hydroxylation is 1. The van der Waals surface area contributed by atoms with E-state index in [-0.39, 0.29) is 16.5 Å². The summed E-state index contributed by atoms with van der Waals surface area (Å²) in [7, 11) is -3.78. The van der Waals surface area contributed by atoms with Gasteiger partial charge in [0, 0.05) is 17.7 Å². The van der Waals surface area contributed by atoms with Crippen molar-refractivity contribution >= 4 is 27.3 Å². The van der Waals surface area contributed by atoms with Gasteiger partial charge in [0.15, 0.2) is 5.82 Å². The topological polar surface area (TPSA) is 101 Å². The lowest BCUT2D eigenvalue weighted by Gasteiger charge is -2.17. The summed E-state index contributed by atoms with van der Waals surface area (Å²) in [4.78, 5) is 20.0. The van der Waals surface area contributed by atoms with E-state index in [1.54, 1.807) is 12.1 Å². The van der Waals surface area contributed by atoms with Crippen LogP contribution in [0.4, 0.5) is 11.4 Å². The van der Waals surface area contributed by atoms with E-state index in [2.05, 4.69) is 20.0 Å². The fourth-order valence-electron chi connectivity index (χ4n) is 2.86. The van der Waals surface area contributed by atoms with Gasteiger partial charge in [0.25, 0.3) is 10.0 Å². The Kier molecular flexibility index (Phi) is 4.33. The second-order valence-corrected chi connectivity index (χ2v) is 7.82. The molecule has 7 nitrogen and oxygen atoms in total. The molecule has 3 aromatic rings. The van der Waals surface area contributed by atoms with Gasteiger partial charge in [-0.15, -0.1) is 0 Å². The van der Waals surface area contributed by atoms with Gasteiger partial charge in [-0.05, 0) is 30.2 Å². The molecule has 0 atom stereocenters. The van der Waals surface area contributed by atoms with Gasteiger partial charge in [-0.1, -0.05) is 30.3 Å². The predicted octanol–water partition coefficient (Wildman–Crippen LogP) is 2.83. The summed E-state index contributed by atoms with van der Waals surface area (Å²) in [5.41, 5.74) is 2.58. The molecular weight excluding hydrogens is 364 g/mol. The number of carbonyl (C=O) groups excluding carboxylic acids is 1. The highest BCUT2D eigenvalue weighted by Crippen LogP contribution is 2.26. The number of sulfonamides is 1. The van der Waals surface area contributed by atoms with Crippen LogP contribution in [0.15, 0.2) is 65.8 Å². The molecular formula is C19H16N4O3S. The molecule has 136 valence electrons. The number of fused-ring (bicyclic) bond motifs is 1. The van der Waals surface area contributed by atoms with Gasteiger partial charge in [0.05, 0.1) is 23.0 Å². The fourth-order valence-corrected chi connectivity index (χ4v) is 3.94. The lowest BCUT2D eigenvalue weighted by atomic mass is 10.0. The molecule has 0 saturated heterocycles. The van der Waals surface area contributed by atoms with Crippen molar-refractivity contribution in [3.05, 3.63) is 66.5 Å². The first-order valence-electron chi connectivity index (χ1n) is 8.34. The van der Waals surface area contributed by atoms with Crippen LogP contribution in [0, 0.1) is 0 Å². The molecule has 2 heterocycles. The van der Waals surface area contributed by atoms with E-state index in [1.807, 2.05) is 30.3 Å². The standard InChI is InChI=1S/C19H16N4O3S/c24-18-9-6-14-10-16(7-8-17(14)22-18)27(25,26)23-15-11-20-19(21-12-15)13-4-2-1-3-5-13/h1-5,7-8,10-12,23H,6,9H2,(H,22,24). The van der Waals surface area contributed by atoms with Crippen molar-refractivity contribution in [3.8, 4) is 11.4 Å². The van der Waals surface area contributed by atoms with Gasteiger partial charge in [0.2, 0.25) is 5.91 Å². The van der Waals surface area contributed by atoms with Crippen LogP contribution in [0.1, 0.15) is 12.0 Å². The van der Waals surface area contributed by atoms with Gasteiger partial charge in [-0.3, -0.25) is 9.52 Å². The van der Waals surface area contributed by atoms with Crippen molar-refractivity contribution < 1.29 is 13.2 Å². The minimum absolute atomic E-state index is 0.0631. The Morgan fingerprint density at radius 2 is 1.70 bits per heavy atom. The molecule has 1 aliphatic heterocycles. The van der Waals surface area contributed by atoms with Crippen molar-refractivity contribution in [1.82, 2.24) is 9.97 Å². The molecule has 8 heteroatoms. The van der Waals surface area contributed by atoms with Crippen LogP contribution in [0.5, 0.6) is 0 Å². The highest BCUT2D eigenvalue weighted by atomic mass is 32.2. The number of benzene rings is 2. The number of rotatable bonds is 4. The largest absolute Gasteiger partial charge is 0.326 e. The number of nitrogens with one attached hydrogen (secondary N) is 2. The summed E-state index contributed by atoms with van der Waals surface area (Å²) in [6, 6.07) is 14.1. The smallest absolute Gasteiger partial charge is 0.262 e. The molecule has 4 rings (SSSR count). The summed E-state index contributed by atoms with van der Waals surface area (Å²) >= 11 is 0. The molecule has 0 fully saturated rings. The number of hydrogen-bond donors (Lipinski definition) is 2. The van der Waals surface area contributed by atoms with E-state index in [4.69, 9.17) is 0 Å². The Bertz CT molecular complexity index is 1100. The maximum atomic E-state index is 12.7. The molecule has 0 spiro atoms. The quantitative estimate of drug-likeness (QED) is 0.725. The van der Waals surface area contributed by atoms with Crippen molar-refractivity contribution in [2.75, 3.05) is 10.0 Å². The summed E-state index contributed by atoms with van der Waals surface area (Å²) in [6.07, 6.45) is 3.73. The van der Waals surface area contributed by atoms with Crippen molar-refractivity contribution in [1.29, 1.82) is 0 Å². The van der Waals surface area contributed by atoms with Gasteiger partial charge >= 0.3 is 0 Å². The molecule has 1 aliphatic rings. The summed E-state index contributed by atoms with van der Waals surface area (Å²) < 4.78 is 27.8. The van der Waals surface area contributed by atoms with Crippen LogP contribution < -0.4 is 10.0 Å². The Morgan fingerprint density at radius 1 is 0.963 bits per heavy atom. The highest BCUT2D eigenvalue weighted by molar-refractivity contribution is 7.92. The number of amides is 1. The average molecular weight is 380 g/mol. The second kappa shape index (κ2) is 6.81. The van der Waals surface area contributed by atoms with Gasteiger partial charge in [0.1, 0.15) is 0 Å². The molecule has 0 saturated carbocycles. The van der Waals surface area contributed by atoms with Crippen molar-refractivity contribution in [3.63, 3.8) is 0 Å². The average Bonchev–Trinajstić information content (AvgIpc) is 2.68. The third-order valence-electron chi connectivity index (χ3n) is 4.22. The van der Waals surface area contributed by atoms with E-state index in [9.17, 15) is 13.2 Å². The highest BCUT2D eigenvalue weighted by Gasteiger charge is 2.20. The maximum Gasteiger partial charge on any atom is 0.262 e. The second-order valence-electron chi connectivity index (χ2n) is 6.13. The van der Waals surface area contributed by atoms with E-state index >= 15 is 0 Å². The molecule has 0 bridgehead atoms. The zero-order chi connectivity index (χ0) is 18.9. The first kappa shape index (κ1) is 17.2. The number of carbonyl (C=O) groups is 1.